The van der Waals surface area contributed by atoms with Gasteiger partial charge in [-0.15, -0.1) is 0 Å². The van der Waals surface area contributed by atoms with Crippen molar-refractivity contribution in [3.05, 3.63) is 29.3 Å². The first kappa shape index (κ1) is 13.5. The van der Waals surface area contributed by atoms with Gasteiger partial charge in [-0.3, -0.25) is 0 Å². The predicted octanol–water partition coefficient (Wildman–Crippen LogP) is 2.47. The molecule has 0 aliphatic heterocycles. The quantitative estimate of drug-likeness (QED) is 0.605. The van der Waals surface area contributed by atoms with Crippen molar-refractivity contribution in [3.8, 4) is 11.8 Å². The number of benzene rings is 1. The summed E-state index contributed by atoms with van der Waals surface area (Å²) >= 11 is 0. The first-order valence-corrected chi connectivity index (χ1v) is 5.93. The van der Waals surface area contributed by atoms with Crippen molar-refractivity contribution in [1.29, 1.82) is 5.26 Å². The summed E-state index contributed by atoms with van der Waals surface area (Å²) in [5.41, 5.74) is 2.52. The molecule has 0 fully saturated rings. The van der Waals surface area contributed by atoms with Crippen LogP contribution in [-0.2, 0) is 6.42 Å². The highest BCUT2D eigenvalue weighted by Crippen LogP contribution is 2.27. The maximum Gasteiger partial charge on any atom is 0.122 e. The third-order valence-electron chi connectivity index (χ3n) is 2.71. The van der Waals surface area contributed by atoms with Crippen molar-refractivity contribution >= 4 is 0 Å². The Balaban J connectivity index is 2.68. The molecule has 0 saturated heterocycles. The number of nitrogens with zero attached hydrogens (tertiary/aromatic N) is 1. The van der Waals surface area contributed by atoms with E-state index in [0.717, 1.165) is 18.7 Å². The topological polar surface area (TPSA) is 45.0 Å². The van der Waals surface area contributed by atoms with E-state index >= 15 is 0 Å². The van der Waals surface area contributed by atoms with Gasteiger partial charge in [0.2, 0.25) is 0 Å². The fourth-order valence-electron chi connectivity index (χ4n) is 1.77. The Labute approximate surface area is 103 Å². The monoisotopic (exact) mass is 232 g/mol. The van der Waals surface area contributed by atoms with Crippen molar-refractivity contribution in [2.75, 3.05) is 20.2 Å². The lowest BCUT2D eigenvalue weighted by Gasteiger charge is -2.13. The molecule has 1 rings (SSSR count). The molecule has 92 valence electrons. The summed E-state index contributed by atoms with van der Waals surface area (Å²) in [4.78, 5) is 0. The first-order valence-electron chi connectivity index (χ1n) is 5.93. The minimum Gasteiger partial charge on any atom is -0.496 e. The number of hydrogen-bond donors (Lipinski definition) is 1. The molecular formula is C14H20N2O. The van der Waals surface area contributed by atoms with Gasteiger partial charge in [-0.1, -0.05) is 26.0 Å². The largest absolute Gasteiger partial charge is 0.496 e. The zero-order valence-electron chi connectivity index (χ0n) is 10.8. The van der Waals surface area contributed by atoms with Crippen LogP contribution in [0.15, 0.2) is 18.2 Å². The van der Waals surface area contributed by atoms with Crippen LogP contribution < -0.4 is 10.1 Å². The second-order valence-electron chi connectivity index (χ2n) is 4.32. The van der Waals surface area contributed by atoms with E-state index in [1.807, 2.05) is 6.07 Å². The van der Waals surface area contributed by atoms with Gasteiger partial charge in [0.05, 0.1) is 19.7 Å². The second kappa shape index (κ2) is 6.93. The van der Waals surface area contributed by atoms with Crippen molar-refractivity contribution in [3.63, 3.8) is 0 Å². The summed E-state index contributed by atoms with van der Waals surface area (Å²) in [5, 5.41) is 11.5. The van der Waals surface area contributed by atoms with E-state index in [-0.39, 0.29) is 0 Å². The molecule has 1 aromatic carbocycles. The Hall–Kier alpha value is -1.53. The lowest BCUT2D eigenvalue weighted by atomic mass is 9.98. The first-order chi connectivity index (χ1) is 8.19. The van der Waals surface area contributed by atoms with Crippen LogP contribution in [0.4, 0.5) is 0 Å². The van der Waals surface area contributed by atoms with Crippen LogP contribution in [0.3, 0.4) is 0 Å². The third-order valence-corrected chi connectivity index (χ3v) is 2.71. The molecule has 0 unspecified atom stereocenters. The maximum atomic E-state index is 8.42. The number of nitrogens with one attached hydrogen (secondary N) is 1. The minimum atomic E-state index is 0.410. The van der Waals surface area contributed by atoms with E-state index in [1.54, 1.807) is 7.11 Å². The summed E-state index contributed by atoms with van der Waals surface area (Å²) in [6.45, 7) is 5.57. The molecule has 0 heterocycles. The molecule has 0 spiro atoms. The SMILES string of the molecule is COc1ccc(CCNCC#N)cc1C(C)C. The highest BCUT2D eigenvalue weighted by Gasteiger charge is 2.07. The van der Waals surface area contributed by atoms with Gasteiger partial charge in [-0.05, 0) is 29.5 Å². The van der Waals surface area contributed by atoms with E-state index < -0.39 is 0 Å². The fourth-order valence-corrected chi connectivity index (χ4v) is 1.77. The molecule has 3 heteroatoms. The van der Waals surface area contributed by atoms with Gasteiger partial charge in [-0.2, -0.15) is 5.26 Å². The highest BCUT2D eigenvalue weighted by atomic mass is 16.5. The molecule has 0 aliphatic carbocycles. The van der Waals surface area contributed by atoms with E-state index in [0.29, 0.717) is 12.5 Å². The number of hydrogen-bond acceptors (Lipinski definition) is 3. The molecular weight excluding hydrogens is 212 g/mol. The number of ether oxygens (including phenoxy) is 1. The molecule has 0 amide bonds. The zero-order chi connectivity index (χ0) is 12.7. The molecule has 0 saturated carbocycles. The van der Waals surface area contributed by atoms with Gasteiger partial charge in [0.15, 0.2) is 0 Å². The summed E-state index contributed by atoms with van der Waals surface area (Å²) in [7, 11) is 1.70. The van der Waals surface area contributed by atoms with Crippen LogP contribution in [0.5, 0.6) is 5.75 Å². The van der Waals surface area contributed by atoms with Crippen LogP contribution in [0, 0.1) is 11.3 Å². The van der Waals surface area contributed by atoms with Gasteiger partial charge < -0.3 is 10.1 Å². The maximum absolute atomic E-state index is 8.42. The van der Waals surface area contributed by atoms with Crippen LogP contribution in [0.25, 0.3) is 0 Å². The lowest BCUT2D eigenvalue weighted by molar-refractivity contribution is 0.407. The van der Waals surface area contributed by atoms with Crippen LogP contribution >= 0.6 is 0 Å². The Kier molecular flexibility index (Phi) is 5.51. The average Bonchev–Trinajstić information content (AvgIpc) is 2.34. The van der Waals surface area contributed by atoms with Gasteiger partial charge in [0.25, 0.3) is 0 Å². The summed E-state index contributed by atoms with van der Waals surface area (Å²) < 4.78 is 5.35. The molecule has 3 nitrogen and oxygen atoms in total. The number of nitriles is 1. The summed E-state index contributed by atoms with van der Waals surface area (Å²) in [6.07, 6.45) is 0.936. The van der Waals surface area contributed by atoms with Crippen molar-refractivity contribution < 1.29 is 4.74 Å². The standard InChI is InChI=1S/C14H20N2O/c1-11(2)13-10-12(4-5-14(13)17-3)6-8-16-9-7-15/h4-5,10-11,16H,6,8-9H2,1-3H3. The zero-order valence-corrected chi connectivity index (χ0v) is 10.8. The van der Waals surface area contributed by atoms with Crippen LogP contribution in [-0.4, -0.2) is 20.2 Å². The van der Waals surface area contributed by atoms with Crippen molar-refractivity contribution in [2.24, 2.45) is 0 Å². The van der Waals surface area contributed by atoms with Crippen molar-refractivity contribution in [1.82, 2.24) is 5.32 Å². The average molecular weight is 232 g/mol. The van der Waals surface area contributed by atoms with Crippen molar-refractivity contribution in [2.45, 2.75) is 26.2 Å². The van der Waals surface area contributed by atoms with E-state index in [4.69, 9.17) is 10.00 Å². The lowest BCUT2D eigenvalue weighted by Crippen LogP contribution is -2.17. The number of methoxy groups -OCH3 is 1. The van der Waals surface area contributed by atoms with Gasteiger partial charge in [-0.25, -0.2) is 0 Å². The Morgan fingerprint density at radius 1 is 1.41 bits per heavy atom. The molecule has 0 aliphatic rings. The third kappa shape index (κ3) is 4.08. The molecule has 17 heavy (non-hydrogen) atoms. The van der Waals surface area contributed by atoms with E-state index in [9.17, 15) is 0 Å². The van der Waals surface area contributed by atoms with Crippen LogP contribution in [0.2, 0.25) is 0 Å². The second-order valence-corrected chi connectivity index (χ2v) is 4.32. The normalized spacial score (nSPS) is 10.3. The predicted molar refractivity (Wildman–Crippen MR) is 69.3 cm³/mol. The fraction of sp³-hybridized carbons (Fsp3) is 0.500. The molecule has 1 N–H and O–H groups in total. The summed E-state index contributed by atoms with van der Waals surface area (Å²) in [6, 6.07) is 8.37. The Morgan fingerprint density at radius 3 is 2.76 bits per heavy atom. The highest BCUT2D eigenvalue weighted by molar-refractivity contribution is 5.39. The molecule has 0 atom stereocenters. The minimum absolute atomic E-state index is 0.410. The molecule has 0 aromatic heterocycles. The molecule has 0 bridgehead atoms. The van der Waals surface area contributed by atoms with E-state index in [2.05, 4.69) is 37.4 Å². The van der Waals surface area contributed by atoms with Gasteiger partial charge in [0, 0.05) is 6.54 Å². The smallest absolute Gasteiger partial charge is 0.122 e. The molecule has 1 aromatic rings. The van der Waals surface area contributed by atoms with Crippen LogP contribution in [0.1, 0.15) is 30.9 Å². The Bertz CT molecular complexity index is 394. The van der Waals surface area contributed by atoms with Gasteiger partial charge >= 0.3 is 0 Å². The summed E-state index contributed by atoms with van der Waals surface area (Å²) in [5.74, 6) is 1.41. The van der Waals surface area contributed by atoms with E-state index in [1.165, 1.54) is 11.1 Å². The Morgan fingerprint density at radius 2 is 2.18 bits per heavy atom. The number of rotatable bonds is 6. The molecule has 0 radical (unpaired) electrons. The van der Waals surface area contributed by atoms with Gasteiger partial charge in [0.1, 0.15) is 5.75 Å².